The first kappa shape index (κ1) is 13.7. The van der Waals surface area contributed by atoms with Crippen LogP contribution in [0.5, 0.6) is 0 Å². The van der Waals surface area contributed by atoms with Crippen LogP contribution in [-0.2, 0) is 10.3 Å². The number of aromatic carboxylic acids is 2. The number of hydrogen-bond acceptors (Lipinski definition) is 4. The van der Waals surface area contributed by atoms with Crippen molar-refractivity contribution in [2.45, 2.75) is 12.5 Å². The summed E-state index contributed by atoms with van der Waals surface area (Å²) in [5.74, 6) is -4.22. The number of aliphatic carboxylic acids is 1. The number of rotatable bonds is 4. The van der Waals surface area contributed by atoms with Crippen molar-refractivity contribution in [2.24, 2.45) is 5.73 Å². The molecule has 0 fully saturated rings. The molecule has 0 aliphatic heterocycles. The van der Waals surface area contributed by atoms with Gasteiger partial charge < -0.3 is 21.1 Å². The topological polar surface area (TPSA) is 138 Å². The quantitative estimate of drug-likeness (QED) is 0.606. The van der Waals surface area contributed by atoms with Gasteiger partial charge in [-0.1, -0.05) is 6.07 Å². The van der Waals surface area contributed by atoms with Crippen LogP contribution in [-0.4, -0.2) is 33.2 Å². The Bertz CT molecular complexity index is 534. The van der Waals surface area contributed by atoms with Gasteiger partial charge in [0.25, 0.3) is 0 Å². The molecule has 7 heteroatoms. The van der Waals surface area contributed by atoms with E-state index in [4.69, 9.17) is 21.1 Å². The van der Waals surface area contributed by atoms with Crippen molar-refractivity contribution < 1.29 is 29.7 Å². The highest BCUT2D eigenvalue weighted by Crippen LogP contribution is 2.22. The smallest absolute Gasteiger partial charge is 0.336 e. The molecule has 96 valence electrons. The molecule has 0 amide bonds. The third-order valence-corrected chi connectivity index (χ3v) is 2.52. The van der Waals surface area contributed by atoms with Crippen LogP contribution < -0.4 is 5.73 Å². The van der Waals surface area contributed by atoms with Crippen LogP contribution >= 0.6 is 0 Å². The fourth-order valence-corrected chi connectivity index (χ4v) is 1.35. The van der Waals surface area contributed by atoms with E-state index in [1.807, 2.05) is 0 Å². The second-order valence-corrected chi connectivity index (χ2v) is 3.88. The second-order valence-electron chi connectivity index (χ2n) is 3.88. The molecule has 0 radical (unpaired) electrons. The van der Waals surface area contributed by atoms with Gasteiger partial charge in [0.15, 0.2) is 0 Å². The third-order valence-electron chi connectivity index (χ3n) is 2.52. The monoisotopic (exact) mass is 253 g/mol. The summed E-state index contributed by atoms with van der Waals surface area (Å²) < 4.78 is 0. The number of carboxylic acids is 3. The molecule has 18 heavy (non-hydrogen) atoms. The Hall–Kier alpha value is -2.41. The zero-order chi connectivity index (χ0) is 14.1. The number of carbonyl (C=O) groups is 3. The third kappa shape index (κ3) is 2.30. The highest BCUT2D eigenvalue weighted by Gasteiger charge is 2.31. The number of hydrogen-bond donors (Lipinski definition) is 4. The minimum Gasteiger partial charge on any atom is -0.480 e. The summed E-state index contributed by atoms with van der Waals surface area (Å²) in [6.07, 6.45) is 0. The zero-order valence-electron chi connectivity index (χ0n) is 9.38. The van der Waals surface area contributed by atoms with Gasteiger partial charge >= 0.3 is 17.9 Å². The molecule has 0 bridgehead atoms. The van der Waals surface area contributed by atoms with Gasteiger partial charge in [0, 0.05) is 0 Å². The maximum atomic E-state index is 10.9. The van der Waals surface area contributed by atoms with E-state index in [1.54, 1.807) is 0 Å². The summed E-state index contributed by atoms with van der Waals surface area (Å²) in [7, 11) is 0. The lowest BCUT2D eigenvalue weighted by Crippen LogP contribution is -2.41. The van der Waals surface area contributed by atoms with E-state index < -0.39 is 34.6 Å². The highest BCUT2D eigenvalue weighted by molar-refractivity contribution is 6.02. The van der Waals surface area contributed by atoms with Gasteiger partial charge in [-0.15, -0.1) is 0 Å². The Kier molecular flexibility index (Phi) is 3.38. The molecule has 1 atom stereocenters. The van der Waals surface area contributed by atoms with Gasteiger partial charge in [-0.05, 0) is 24.6 Å². The van der Waals surface area contributed by atoms with E-state index in [0.29, 0.717) is 0 Å². The zero-order valence-corrected chi connectivity index (χ0v) is 9.38. The van der Waals surface area contributed by atoms with E-state index in [0.717, 1.165) is 12.1 Å². The van der Waals surface area contributed by atoms with Crippen molar-refractivity contribution in [3.63, 3.8) is 0 Å². The average Bonchev–Trinajstić information content (AvgIpc) is 2.27. The molecule has 0 heterocycles. The van der Waals surface area contributed by atoms with E-state index in [9.17, 15) is 14.4 Å². The number of benzene rings is 1. The molecule has 1 rings (SSSR count). The van der Waals surface area contributed by atoms with Crippen LogP contribution in [0, 0.1) is 0 Å². The Morgan fingerprint density at radius 1 is 1.06 bits per heavy atom. The average molecular weight is 253 g/mol. The van der Waals surface area contributed by atoms with Crippen molar-refractivity contribution in [2.75, 3.05) is 0 Å². The summed E-state index contributed by atoms with van der Waals surface area (Å²) in [5, 5.41) is 26.6. The number of carboxylic acid groups (broad SMARTS) is 3. The normalized spacial score (nSPS) is 13.7. The van der Waals surface area contributed by atoms with Gasteiger partial charge in [0.05, 0.1) is 11.1 Å². The molecule has 0 aromatic heterocycles. The first-order chi connectivity index (χ1) is 8.17. The molecule has 0 aliphatic carbocycles. The molecule has 0 saturated carbocycles. The molecule has 0 unspecified atom stereocenters. The summed E-state index contributed by atoms with van der Waals surface area (Å²) in [4.78, 5) is 32.7. The molecule has 7 nitrogen and oxygen atoms in total. The summed E-state index contributed by atoms with van der Waals surface area (Å²) >= 11 is 0. The first-order valence-electron chi connectivity index (χ1n) is 4.81. The fourth-order valence-electron chi connectivity index (χ4n) is 1.35. The lowest BCUT2D eigenvalue weighted by Gasteiger charge is -2.20. The summed E-state index contributed by atoms with van der Waals surface area (Å²) in [5.41, 5.74) is 2.83. The molecular formula is C11H11NO6. The molecule has 1 aromatic carbocycles. The molecule has 1 aromatic rings. The van der Waals surface area contributed by atoms with Crippen LogP contribution in [0.4, 0.5) is 0 Å². The second kappa shape index (κ2) is 4.46. The standard InChI is InChI=1S/C11H11NO6/c1-11(12,10(17)18)5-2-3-6(8(13)14)7(4-5)9(15)16/h2-4H,12H2,1H3,(H,13,14)(H,15,16)(H,17,18)/t11-/m1/s1. The maximum Gasteiger partial charge on any atom is 0.336 e. The van der Waals surface area contributed by atoms with Crippen molar-refractivity contribution in [3.8, 4) is 0 Å². The maximum absolute atomic E-state index is 10.9. The molecule has 0 saturated heterocycles. The minimum absolute atomic E-state index is 0.0115. The predicted molar refractivity (Wildman–Crippen MR) is 59.5 cm³/mol. The van der Waals surface area contributed by atoms with Gasteiger partial charge in [0.1, 0.15) is 5.54 Å². The van der Waals surface area contributed by atoms with E-state index in [1.165, 1.54) is 13.0 Å². The van der Waals surface area contributed by atoms with Crippen LogP contribution in [0.2, 0.25) is 0 Å². The van der Waals surface area contributed by atoms with Crippen molar-refractivity contribution in [3.05, 3.63) is 34.9 Å². The summed E-state index contributed by atoms with van der Waals surface area (Å²) in [6, 6.07) is 3.17. The Morgan fingerprint density at radius 2 is 1.56 bits per heavy atom. The Labute approximate surface area is 101 Å². The van der Waals surface area contributed by atoms with Crippen molar-refractivity contribution >= 4 is 17.9 Å². The van der Waals surface area contributed by atoms with Gasteiger partial charge in [0.2, 0.25) is 0 Å². The predicted octanol–water partition coefficient (Wildman–Crippen LogP) is 0.342. The molecule has 0 aliphatic rings. The lowest BCUT2D eigenvalue weighted by atomic mass is 9.90. The SMILES string of the molecule is C[C@](N)(C(=O)O)c1ccc(C(=O)O)c(C(=O)O)c1. The van der Waals surface area contributed by atoms with Crippen molar-refractivity contribution in [1.29, 1.82) is 0 Å². The van der Waals surface area contributed by atoms with Gasteiger partial charge in [-0.25, -0.2) is 14.4 Å². The highest BCUT2D eigenvalue weighted by atomic mass is 16.4. The van der Waals surface area contributed by atoms with Crippen molar-refractivity contribution in [1.82, 2.24) is 0 Å². The van der Waals surface area contributed by atoms with E-state index in [2.05, 4.69) is 0 Å². The molecule has 0 spiro atoms. The first-order valence-corrected chi connectivity index (χ1v) is 4.81. The van der Waals surface area contributed by atoms with Crippen LogP contribution in [0.1, 0.15) is 33.2 Å². The largest absolute Gasteiger partial charge is 0.480 e. The molecule has 5 N–H and O–H groups in total. The van der Waals surface area contributed by atoms with Gasteiger partial charge in [-0.2, -0.15) is 0 Å². The van der Waals surface area contributed by atoms with E-state index >= 15 is 0 Å². The fraction of sp³-hybridized carbons (Fsp3) is 0.182. The van der Waals surface area contributed by atoms with Crippen LogP contribution in [0.25, 0.3) is 0 Å². The van der Waals surface area contributed by atoms with Crippen LogP contribution in [0.3, 0.4) is 0 Å². The van der Waals surface area contributed by atoms with Crippen LogP contribution in [0.15, 0.2) is 18.2 Å². The van der Waals surface area contributed by atoms with Gasteiger partial charge in [-0.3, -0.25) is 0 Å². The Morgan fingerprint density at radius 3 is 1.94 bits per heavy atom. The Balaban J connectivity index is 3.46. The number of nitrogens with two attached hydrogens (primary N) is 1. The lowest BCUT2D eigenvalue weighted by molar-refractivity contribution is -0.143. The van der Waals surface area contributed by atoms with E-state index in [-0.39, 0.29) is 5.56 Å². The summed E-state index contributed by atoms with van der Waals surface area (Å²) in [6.45, 7) is 1.19. The molecular weight excluding hydrogens is 242 g/mol. The minimum atomic E-state index is -1.79.